The van der Waals surface area contributed by atoms with E-state index < -0.39 is 11.6 Å². The van der Waals surface area contributed by atoms with E-state index in [9.17, 15) is 10.3 Å². The SMILES string of the molecule is COc1ccc(CNC(=O)[C@]2(Cc3ccc(Br)cc3)N=C(c3ccc(OCCCO)cc3)O[C@@H]2c2ccccc2N=[N+]=[N-])cc1OC. The summed E-state index contributed by atoms with van der Waals surface area (Å²) in [5.74, 6) is 1.62. The first kappa shape index (κ1) is 33.3. The number of carbonyl (C=O) groups excluding carboxylic acids is 1. The second-order valence-electron chi connectivity index (χ2n) is 10.7. The maximum absolute atomic E-state index is 14.6. The first-order valence-electron chi connectivity index (χ1n) is 14.9. The predicted octanol–water partition coefficient (Wildman–Crippen LogP) is 6.99. The number of halogens is 1. The zero-order chi connectivity index (χ0) is 33.2. The Hall–Kier alpha value is -5.03. The molecule has 0 aromatic heterocycles. The molecule has 1 heterocycles. The number of carbonyl (C=O) groups is 1. The predicted molar refractivity (Wildman–Crippen MR) is 181 cm³/mol. The minimum absolute atomic E-state index is 0.0377. The smallest absolute Gasteiger partial charge is 0.252 e. The second kappa shape index (κ2) is 15.5. The number of hydrogen-bond acceptors (Lipinski definition) is 8. The Labute approximate surface area is 280 Å². The Morgan fingerprint density at radius 3 is 2.45 bits per heavy atom. The Kier molecular flexibility index (Phi) is 11.0. The molecule has 242 valence electrons. The molecule has 0 fully saturated rings. The number of aliphatic hydroxyl groups is 1. The quantitative estimate of drug-likeness (QED) is 0.0628. The minimum Gasteiger partial charge on any atom is -0.494 e. The number of ether oxygens (including phenoxy) is 4. The number of benzene rings is 4. The van der Waals surface area contributed by atoms with Crippen LogP contribution in [0.25, 0.3) is 10.4 Å². The van der Waals surface area contributed by atoms with Crippen molar-refractivity contribution < 1.29 is 28.8 Å². The van der Waals surface area contributed by atoms with Crippen molar-refractivity contribution in [2.24, 2.45) is 10.1 Å². The van der Waals surface area contributed by atoms with Crippen LogP contribution in [-0.4, -0.2) is 49.9 Å². The van der Waals surface area contributed by atoms with E-state index in [1.807, 2.05) is 30.3 Å². The van der Waals surface area contributed by atoms with Crippen molar-refractivity contribution in [3.8, 4) is 17.2 Å². The number of aliphatic imine (C=N–C) groups is 1. The van der Waals surface area contributed by atoms with Gasteiger partial charge in [-0.1, -0.05) is 63.5 Å². The van der Waals surface area contributed by atoms with Gasteiger partial charge in [0, 0.05) is 52.2 Å². The molecule has 4 aromatic carbocycles. The Morgan fingerprint density at radius 1 is 1.02 bits per heavy atom. The molecule has 0 unspecified atom stereocenters. The third kappa shape index (κ3) is 7.69. The standard InChI is InChI=1S/C35H34BrN5O6/c1-44-30-17-10-24(20-31(30)45-2)22-38-34(43)35(21-23-8-13-26(36)14-9-23)32(28-6-3-4-7-29(28)40-41-37)47-33(39-35)25-11-15-27(16-12-25)46-19-5-18-42/h3-4,6-17,20,32,42H,5,18-19,21-22H2,1-2H3,(H,38,43)/t32-,35-/m1/s1. The number of nitrogens with zero attached hydrogens (tertiary/aromatic N) is 4. The summed E-state index contributed by atoms with van der Waals surface area (Å²) in [5, 5.41) is 16.1. The van der Waals surface area contributed by atoms with Crippen molar-refractivity contribution in [2.75, 3.05) is 27.4 Å². The van der Waals surface area contributed by atoms with Crippen LogP contribution in [0.15, 0.2) is 106 Å². The largest absolute Gasteiger partial charge is 0.494 e. The highest BCUT2D eigenvalue weighted by atomic mass is 79.9. The van der Waals surface area contributed by atoms with Crippen LogP contribution >= 0.6 is 15.9 Å². The summed E-state index contributed by atoms with van der Waals surface area (Å²) in [6.07, 6.45) is -0.256. The molecule has 4 aromatic rings. The highest BCUT2D eigenvalue weighted by Crippen LogP contribution is 2.45. The van der Waals surface area contributed by atoms with Crippen LogP contribution in [0.4, 0.5) is 5.69 Å². The number of hydrogen-bond donors (Lipinski definition) is 2. The number of rotatable bonds is 14. The lowest BCUT2D eigenvalue weighted by Crippen LogP contribution is -2.49. The van der Waals surface area contributed by atoms with E-state index in [0.717, 1.165) is 15.6 Å². The molecule has 0 saturated heterocycles. The van der Waals surface area contributed by atoms with Gasteiger partial charge < -0.3 is 29.4 Å². The van der Waals surface area contributed by atoms with Crippen molar-refractivity contribution in [1.29, 1.82) is 0 Å². The fourth-order valence-electron chi connectivity index (χ4n) is 5.35. The van der Waals surface area contributed by atoms with Gasteiger partial charge in [0.15, 0.2) is 23.1 Å². The average Bonchev–Trinajstić information content (AvgIpc) is 3.49. The molecular formula is C35H34BrN5O6. The average molecular weight is 701 g/mol. The van der Waals surface area contributed by atoms with Crippen molar-refractivity contribution >= 4 is 33.4 Å². The molecular weight excluding hydrogens is 666 g/mol. The molecule has 47 heavy (non-hydrogen) atoms. The van der Waals surface area contributed by atoms with Crippen LogP contribution in [0.1, 0.15) is 34.8 Å². The first-order chi connectivity index (χ1) is 22.9. The summed E-state index contributed by atoms with van der Waals surface area (Å²) < 4.78 is 24.0. The van der Waals surface area contributed by atoms with E-state index in [-0.39, 0.29) is 31.4 Å². The van der Waals surface area contributed by atoms with Gasteiger partial charge in [-0.05, 0) is 65.2 Å². The van der Waals surface area contributed by atoms with Crippen LogP contribution < -0.4 is 19.5 Å². The monoisotopic (exact) mass is 699 g/mol. The molecule has 0 radical (unpaired) electrons. The van der Waals surface area contributed by atoms with Crippen LogP contribution in [0, 0.1) is 0 Å². The van der Waals surface area contributed by atoms with Gasteiger partial charge in [0.1, 0.15) is 5.75 Å². The van der Waals surface area contributed by atoms with Gasteiger partial charge in [-0.3, -0.25) is 4.79 Å². The molecule has 1 aliphatic heterocycles. The zero-order valence-electron chi connectivity index (χ0n) is 25.9. The van der Waals surface area contributed by atoms with Gasteiger partial charge in [0.05, 0.1) is 20.8 Å². The summed E-state index contributed by atoms with van der Waals surface area (Å²) in [7, 11) is 3.12. The molecule has 1 amide bonds. The number of amides is 1. The molecule has 2 atom stereocenters. The van der Waals surface area contributed by atoms with Crippen LogP contribution in [0.5, 0.6) is 17.2 Å². The van der Waals surface area contributed by atoms with Gasteiger partial charge in [-0.25, -0.2) is 4.99 Å². The second-order valence-corrected chi connectivity index (χ2v) is 11.6. The van der Waals surface area contributed by atoms with Gasteiger partial charge >= 0.3 is 0 Å². The van der Waals surface area contributed by atoms with E-state index in [2.05, 4.69) is 31.3 Å². The minimum atomic E-state index is -1.50. The lowest BCUT2D eigenvalue weighted by molar-refractivity contribution is -0.129. The molecule has 11 nitrogen and oxygen atoms in total. The first-order valence-corrected chi connectivity index (χ1v) is 15.7. The number of azide groups is 1. The summed E-state index contributed by atoms with van der Waals surface area (Å²) in [6, 6.07) is 27.3. The maximum Gasteiger partial charge on any atom is 0.252 e. The van der Waals surface area contributed by atoms with E-state index in [4.69, 9.17) is 29.0 Å². The molecule has 12 heteroatoms. The molecule has 0 bridgehead atoms. The maximum atomic E-state index is 14.6. The van der Waals surface area contributed by atoms with Crippen LogP contribution in [-0.2, 0) is 22.5 Å². The molecule has 5 rings (SSSR count). The third-order valence-electron chi connectivity index (χ3n) is 7.69. The highest BCUT2D eigenvalue weighted by molar-refractivity contribution is 9.10. The van der Waals surface area contributed by atoms with E-state index in [1.54, 1.807) is 74.9 Å². The highest BCUT2D eigenvalue weighted by Gasteiger charge is 2.53. The summed E-state index contributed by atoms with van der Waals surface area (Å²) in [6.45, 7) is 0.592. The van der Waals surface area contributed by atoms with Crippen LogP contribution in [0.2, 0.25) is 0 Å². The van der Waals surface area contributed by atoms with Crippen molar-refractivity contribution in [3.63, 3.8) is 0 Å². The van der Waals surface area contributed by atoms with Crippen molar-refractivity contribution in [1.82, 2.24) is 5.32 Å². The van der Waals surface area contributed by atoms with Crippen molar-refractivity contribution in [2.45, 2.75) is 31.0 Å². The zero-order valence-corrected chi connectivity index (χ0v) is 27.5. The molecule has 0 saturated carbocycles. The summed E-state index contributed by atoms with van der Waals surface area (Å²) in [5.41, 5.74) is 11.0. The van der Waals surface area contributed by atoms with Gasteiger partial charge in [-0.15, -0.1) is 0 Å². The normalized spacial score (nSPS) is 16.8. The molecule has 1 aliphatic rings. The lowest BCUT2D eigenvalue weighted by atomic mass is 9.81. The Balaban J connectivity index is 1.59. The van der Waals surface area contributed by atoms with Gasteiger partial charge in [-0.2, -0.15) is 0 Å². The third-order valence-corrected chi connectivity index (χ3v) is 8.22. The number of nitrogens with one attached hydrogen (secondary N) is 1. The summed E-state index contributed by atoms with van der Waals surface area (Å²) in [4.78, 5) is 22.7. The van der Waals surface area contributed by atoms with Crippen molar-refractivity contribution in [3.05, 3.63) is 128 Å². The number of aliphatic hydroxyl groups excluding tert-OH is 1. The van der Waals surface area contributed by atoms with E-state index >= 15 is 0 Å². The number of methoxy groups -OCH3 is 2. The van der Waals surface area contributed by atoms with E-state index in [1.165, 1.54) is 0 Å². The van der Waals surface area contributed by atoms with Gasteiger partial charge in [0.2, 0.25) is 5.90 Å². The molecule has 0 spiro atoms. The molecule has 2 N–H and O–H groups in total. The van der Waals surface area contributed by atoms with Crippen LogP contribution in [0.3, 0.4) is 0 Å². The fraction of sp³-hybridized carbons (Fsp3) is 0.257. The van der Waals surface area contributed by atoms with Gasteiger partial charge in [0.25, 0.3) is 5.91 Å². The van der Waals surface area contributed by atoms with E-state index in [0.29, 0.717) is 47.1 Å². The topological polar surface area (TPSA) is 147 Å². The summed E-state index contributed by atoms with van der Waals surface area (Å²) >= 11 is 3.49. The fourth-order valence-corrected chi connectivity index (χ4v) is 5.61. The lowest BCUT2D eigenvalue weighted by Gasteiger charge is -2.31. The molecule has 0 aliphatic carbocycles. The Morgan fingerprint density at radius 2 is 1.74 bits per heavy atom. The Bertz CT molecular complexity index is 1780.